The maximum Gasteiger partial charge on any atom is 0.129 e. The summed E-state index contributed by atoms with van der Waals surface area (Å²) in [6, 6.07) is 12.6. The van der Waals surface area contributed by atoms with Gasteiger partial charge in [0, 0.05) is 10.6 Å². The van der Waals surface area contributed by atoms with Gasteiger partial charge in [-0.2, -0.15) is 0 Å². The lowest BCUT2D eigenvalue weighted by Crippen LogP contribution is -2.00. The van der Waals surface area contributed by atoms with E-state index in [-0.39, 0.29) is 5.82 Å². The maximum atomic E-state index is 13.7. The summed E-state index contributed by atoms with van der Waals surface area (Å²) in [5.41, 5.74) is 2.63. The van der Waals surface area contributed by atoms with E-state index in [0.717, 1.165) is 5.56 Å². The summed E-state index contributed by atoms with van der Waals surface area (Å²) in [4.78, 5) is 0. The minimum Gasteiger partial charge on any atom is -0.207 e. The topological polar surface area (TPSA) is 0 Å². The van der Waals surface area contributed by atoms with Gasteiger partial charge in [-0.15, -0.1) is 11.6 Å². The molecule has 0 bridgehead atoms. The highest BCUT2D eigenvalue weighted by molar-refractivity contribution is 6.32. The molecule has 0 fully saturated rings. The van der Waals surface area contributed by atoms with E-state index in [1.54, 1.807) is 12.1 Å². The predicted molar refractivity (Wildman–Crippen MR) is 74.9 cm³/mol. The Kier molecular flexibility index (Phi) is 4.26. The van der Waals surface area contributed by atoms with Crippen molar-refractivity contribution >= 4 is 23.2 Å². The van der Waals surface area contributed by atoms with Crippen molar-refractivity contribution in [2.45, 2.75) is 18.7 Å². The number of rotatable bonds is 3. The van der Waals surface area contributed by atoms with Gasteiger partial charge in [0.1, 0.15) is 5.82 Å². The second-order valence-corrected chi connectivity index (χ2v) is 5.23. The Morgan fingerprint density at radius 2 is 1.78 bits per heavy atom. The van der Waals surface area contributed by atoms with Gasteiger partial charge in [0.25, 0.3) is 0 Å². The van der Waals surface area contributed by atoms with Gasteiger partial charge in [0.05, 0.1) is 5.38 Å². The SMILES string of the molecule is Cc1ccc(CC(Cl)c2c(F)cccc2Cl)cc1. The molecule has 94 valence electrons. The highest BCUT2D eigenvalue weighted by Gasteiger charge is 2.17. The standard InChI is InChI=1S/C15H13Cl2F/c1-10-5-7-11(8-6-10)9-13(17)15-12(16)3-2-4-14(15)18/h2-8,13H,9H2,1H3. The van der Waals surface area contributed by atoms with Crippen LogP contribution in [0.25, 0.3) is 0 Å². The number of alkyl halides is 1. The fourth-order valence-corrected chi connectivity index (χ4v) is 2.59. The molecule has 0 aliphatic carbocycles. The molecule has 0 N–H and O–H groups in total. The van der Waals surface area contributed by atoms with E-state index >= 15 is 0 Å². The molecule has 0 aliphatic rings. The molecule has 2 rings (SSSR count). The van der Waals surface area contributed by atoms with Crippen molar-refractivity contribution in [3.05, 3.63) is 70.0 Å². The third-order valence-electron chi connectivity index (χ3n) is 2.85. The van der Waals surface area contributed by atoms with E-state index in [2.05, 4.69) is 0 Å². The smallest absolute Gasteiger partial charge is 0.129 e. The minimum atomic E-state index is -0.457. The lowest BCUT2D eigenvalue weighted by Gasteiger charge is -2.13. The largest absolute Gasteiger partial charge is 0.207 e. The average Bonchev–Trinajstić information content (AvgIpc) is 2.32. The van der Waals surface area contributed by atoms with Crippen LogP contribution < -0.4 is 0 Å². The molecule has 2 aromatic rings. The van der Waals surface area contributed by atoms with Gasteiger partial charge in [-0.05, 0) is 31.0 Å². The third kappa shape index (κ3) is 3.04. The summed E-state index contributed by atoms with van der Waals surface area (Å²) in [6.07, 6.45) is 0.558. The second kappa shape index (κ2) is 5.73. The molecule has 0 saturated carbocycles. The molecule has 0 aliphatic heterocycles. The van der Waals surface area contributed by atoms with Gasteiger partial charge in [-0.3, -0.25) is 0 Å². The Bertz CT molecular complexity index is 514. The van der Waals surface area contributed by atoms with Crippen LogP contribution in [0.15, 0.2) is 42.5 Å². The van der Waals surface area contributed by atoms with E-state index in [0.29, 0.717) is 17.0 Å². The Morgan fingerprint density at radius 3 is 2.39 bits per heavy atom. The Hall–Kier alpha value is -1.05. The fourth-order valence-electron chi connectivity index (χ4n) is 1.84. The molecule has 2 aromatic carbocycles. The van der Waals surface area contributed by atoms with Gasteiger partial charge in [0.15, 0.2) is 0 Å². The average molecular weight is 283 g/mol. The summed E-state index contributed by atoms with van der Waals surface area (Å²) >= 11 is 12.3. The molecule has 0 saturated heterocycles. The zero-order chi connectivity index (χ0) is 13.1. The zero-order valence-electron chi connectivity index (χ0n) is 9.96. The van der Waals surface area contributed by atoms with Gasteiger partial charge in [0.2, 0.25) is 0 Å². The number of hydrogen-bond donors (Lipinski definition) is 0. The van der Waals surface area contributed by atoms with Crippen LogP contribution >= 0.6 is 23.2 Å². The van der Waals surface area contributed by atoms with E-state index < -0.39 is 5.38 Å². The predicted octanol–water partition coefficient (Wildman–Crippen LogP) is 5.31. The quantitative estimate of drug-likeness (QED) is 0.669. The van der Waals surface area contributed by atoms with Crippen LogP contribution in [0.4, 0.5) is 4.39 Å². The first-order valence-electron chi connectivity index (χ1n) is 5.71. The molecule has 1 atom stereocenters. The summed E-state index contributed by atoms with van der Waals surface area (Å²) in [7, 11) is 0. The summed E-state index contributed by atoms with van der Waals surface area (Å²) in [6.45, 7) is 2.02. The van der Waals surface area contributed by atoms with Crippen molar-refractivity contribution in [3.63, 3.8) is 0 Å². The minimum absolute atomic E-state index is 0.352. The summed E-state index contributed by atoms with van der Waals surface area (Å²) in [5, 5.41) is -0.0801. The van der Waals surface area contributed by atoms with Gasteiger partial charge in [-0.25, -0.2) is 4.39 Å². The molecule has 0 spiro atoms. The number of benzene rings is 2. The van der Waals surface area contributed by atoms with Crippen molar-refractivity contribution in [2.24, 2.45) is 0 Å². The van der Waals surface area contributed by atoms with E-state index in [4.69, 9.17) is 23.2 Å². The molecule has 3 heteroatoms. The normalized spacial score (nSPS) is 12.4. The lowest BCUT2D eigenvalue weighted by molar-refractivity contribution is 0.606. The van der Waals surface area contributed by atoms with Crippen LogP contribution in [-0.4, -0.2) is 0 Å². The highest BCUT2D eigenvalue weighted by atomic mass is 35.5. The molecule has 18 heavy (non-hydrogen) atoms. The Labute approximate surface area is 116 Å². The van der Waals surface area contributed by atoms with E-state index in [1.807, 2.05) is 31.2 Å². The van der Waals surface area contributed by atoms with E-state index in [9.17, 15) is 4.39 Å². The first-order chi connectivity index (χ1) is 8.58. The molecule has 1 unspecified atom stereocenters. The van der Waals surface area contributed by atoms with Crippen LogP contribution in [-0.2, 0) is 6.42 Å². The highest BCUT2D eigenvalue weighted by Crippen LogP contribution is 2.32. The Morgan fingerprint density at radius 1 is 1.11 bits per heavy atom. The molecule has 0 radical (unpaired) electrons. The molecule has 0 amide bonds. The van der Waals surface area contributed by atoms with Crippen LogP contribution in [0.3, 0.4) is 0 Å². The van der Waals surface area contributed by atoms with Crippen molar-refractivity contribution in [2.75, 3.05) is 0 Å². The Balaban J connectivity index is 2.22. The summed E-state index contributed by atoms with van der Waals surface area (Å²) in [5.74, 6) is -0.352. The monoisotopic (exact) mass is 282 g/mol. The first kappa shape index (κ1) is 13.4. The van der Waals surface area contributed by atoms with Crippen LogP contribution in [0, 0.1) is 12.7 Å². The van der Waals surface area contributed by atoms with Crippen LogP contribution in [0.5, 0.6) is 0 Å². The third-order valence-corrected chi connectivity index (χ3v) is 3.55. The number of hydrogen-bond acceptors (Lipinski definition) is 0. The zero-order valence-corrected chi connectivity index (χ0v) is 11.5. The van der Waals surface area contributed by atoms with Gasteiger partial charge < -0.3 is 0 Å². The molecule has 0 heterocycles. The first-order valence-corrected chi connectivity index (χ1v) is 6.53. The molecular weight excluding hydrogens is 270 g/mol. The van der Waals surface area contributed by atoms with Crippen LogP contribution in [0.2, 0.25) is 5.02 Å². The van der Waals surface area contributed by atoms with Crippen molar-refractivity contribution in [3.8, 4) is 0 Å². The maximum absolute atomic E-state index is 13.7. The van der Waals surface area contributed by atoms with E-state index in [1.165, 1.54) is 11.6 Å². The molecule has 0 aromatic heterocycles. The number of halogens is 3. The lowest BCUT2D eigenvalue weighted by atomic mass is 10.0. The van der Waals surface area contributed by atoms with Crippen molar-refractivity contribution in [1.29, 1.82) is 0 Å². The van der Waals surface area contributed by atoms with Gasteiger partial charge in [-0.1, -0.05) is 47.5 Å². The summed E-state index contributed by atoms with van der Waals surface area (Å²) < 4.78 is 13.7. The second-order valence-electron chi connectivity index (χ2n) is 4.29. The van der Waals surface area contributed by atoms with Crippen LogP contribution in [0.1, 0.15) is 22.1 Å². The molecule has 0 nitrogen and oxygen atoms in total. The number of aryl methyl sites for hydroxylation is 1. The fraction of sp³-hybridized carbons (Fsp3) is 0.200. The molecular formula is C15H13Cl2F. The van der Waals surface area contributed by atoms with Crippen molar-refractivity contribution in [1.82, 2.24) is 0 Å². The van der Waals surface area contributed by atoms with Gasteiger partial charge >= 0.3 is 0 Å². The van der Waals surface area contributed by atoms with Crippen molar-refractivity contribution < 1.29 is 4.39 Å².